The number of fused-ring (bicyclic) bond motifs is 1. The zero-order valence-electron chi connectivity index (χ0n) is 19.3. The van der Waals surface area contributed by atoms with Crippen molar-refractivity contribution in [1.82, 2.24) is 20.1 Å². The minimum atomic E-state index is -0.00244. The van der Waals surface area contributed by atoms with Gasteiger partial charge in [0.15, 0.2) is 0 Å². The van der Waals surface area contributed by atoms with Crippen LogP contribution in [0.25, 0.3) is 10.9 Å². The zero-order valence-corrected chi connectivity index (χ0v) is 19.3. The van der Waals surface area contributed by atoms with Crippen molar-refractivity contribution < 1.29 is 9.53 Å². The Hall–Kier alpha value is -2.05. The Bertz CT molecular complexity index is 890. The molecule has 2 aliphatic heterocycles. The molecule has 0 radical (unpaired) electrons. The minimum absolute atomic E-state index is 0.00244. The minimum Gasteiger partial charge on any atom is -0.493 e. The number of aromatic nitrogens is 1. The summed E-state index contributed by atoms with van der Waals surface area (Å²) < 4.78 is 6.01. The van der Waals surface area contributed by atoms with E-state index < -0.39 is 0 Å². The number of benzene rings is 1. The number of likely N-dealkylation sites (tertiary alicyclic amines) is 2. The van der Waals surface area contributed by atoms with Crippen LogP contribution in [0.15, 0.2) is 24.3 Å². The molecule has 3 aliphatic rings. The molecule has 6 heteroatoms. The molecule has 1 amide bonds. The summed E-state index contributed by atoms with van der Waals surface area (Å²) in [7, 11) is 0. The third kappa shape index (κ3) is 5.65. The molecule has 2 N–H and O–H groups in total. The van der Waals surface area contributed by atoms with Gasteiger partial charge in [-0.25, -0.2) is 0 Å². The molecule has 5 rings (SSSR count). The van der Waals surface area contributed by atoms with Gasteiger partial charge in [-0.1, -0.05) is 18.9 Å². The van der Waals surface area contributed by atoms with Gasteiger partial charge in [0.1, 0.15) is 11.4 Å². The molecule has 0 unspecified atom stereocenters. The average molecular weight is 439 g/mol. The molecule has 0 bridgehead atoms. The van der Waals surface area contributed by atoms with Crippen molar-refractivity contribution in [3.8, 4) is 5.75 Å². The highest BCUT2D eigenvalue weighted by Crippen LogP contribution is 2.32. The van der Waals surface area contributed by atoms with E-state index in [1.54, 1.807) is 0 Å². The highest BCUT2D eigenvalue weighted by atomic mass is 16.5. The number of nitrogens with zero attached hydrogens (tertiary/aromatic N) is 2. The molecule has 0 atom stereocenters. The quantitative estimate of drug-likeness (QED) is 0.653. The summed E-state index contributed by atoms with van der Waals surface area (Å²) in [5, 5.41) is 4.26. The van der Waals surface area contributed by atoms with E-state index in [1.165, 1.54) is 58.2 Å². The third-order valence-corrected chi connectivity index (χ3v) is 7.39. The molecule has 2 saturated heterocycles. The molecule has 3 fully saturated rings. The third-order valence-electron chi connectivity index (χ3n) is 7.39. The Kier molecular flexibility index (Phi) is 6.98. The summed E-state index contributed by atoms with van der Waals surface area (Å²) in [4.78, 5) is 21.4. The van der Waals surface area contributed by atoms with Gasteiger partial charge in [0.2, 0.25) is 0 Å². The number of amides is 1. The van der Waals surface area contributed by atoms with Crippen molar-refractivity contribution in [3.05, 3.63) is 30.0 Å². The maximum absolute atomic E-state index is 12.9. The van der Waals surface area contributed by atoms with Crippen molar-refractivity contribution in [1.29, 1.82) is 0 Å². The number of ether oxygens (including phenoxy) is 1. The molecular weight excluding hydrogens is 400 g/mol. The molecule has 32 heavy (non-hydrogen) atoms. The van der Waals surface area contributed by atoms with Crippen LogP contribution in [-0.2, 0) is 0 Å². The number of hydrogen-bond donors (Lipinski definition) is 2. The van der Waals surface area contributed by atoms with Crippen LogP contribution < -0.4 is 10.1 Å². The van der Waals surface area contributed by atoms with Crippen LogP contribution in [0.4, 0.5) is 0 Å². The second-order valence-corrected chi connectivity index (χ2v) is 10.0. The summed E-state index contributed by atoms with van der Waals surface area (Å²) in [5.74, 6) is 1.59. The van der Waals surface area contributed by atoms with Crippen LogP contribution in [0.5, 0.6) is 5.75 Å². The van der Waals surface area contributed by atoms with Crippen molar-refractivity contribution >= 4 is 16.8 Å². The lowest BCUT2D eigenvalue weighted by atomic mass is 10.0. The van der Waals surface area contributed by atoms with Crippen molar-refractivity contribution in [2.45, 2.75) is 57.4 Å². The van der Waals surface area contributed by atoms with Crippen molar-refractivity contribution in [2.75, 3.05) is 45.9 Å². The molecule has 1 aromatic carbocycles. The number of H-pyrrole nitrogens is 1. The monoisotopic (exact) mass is 438 g/mol. The number of piperidine rings is 1. The number of aromatic amines is 1. The van der Waals surface area contributed by atoms with Gasteiger partial charge in [0, 0.05) is 43.1 Å². The van der Waals surface area contributed by atoms with Crippen LogP contribution in [0, 0.1) is 5.92 Å². The molecule has 2 aromatic rings. The van der Waals surface area contributed by atoms with E-state index in [9.17, 15) is 4.79 Å². The first-order valence-corrected chi connectivity index (χ1v) is 12.7. The molecule has 174 valence electrons. The van der Waals surface area contributed by atoms with E-state index in [4.69, 9.17) is 4.74 Å². The normalized spacial score (nSPS) is 21.5. The molecule has 6 nitrogen and oxygen atoms in total. The van der Waals surface area contributed by atoms with Crippen LogP contribution in [0.3, 0.4) is 0 Å². The van der Waals surface area contributed by atoms with Crippen LogP contribution in [0.1, 0.15) is 61.9 Å². The van der Waals surface area contributed by atoms with Crippen LogP contribution in [0.2, 0.25) is 0 Å². The Morgan fingerprint density at radius 2 is 1.69 bits per heavy atom. The number of carbonyl (C=O) groups excluding carboxylic acids is 1. The highest BCUT2D eigenvalue weighted by Gasteiger charge is 2.24. The largest absolute Gasteiger partial charge is 0.493 e. The van der Waals surface area contributed by atoms with Gasteiger partial charge in [0.25, 0.3) is 5.91 Å². The summed E-state index contributed by atoms with van der Waals surface area (Å²) in [6.07, 6.45) is 10.1. The maximum atomic E-state index is 12.9. The van der Waals surface area contributed by atoms with E-state index in [2.05, 4.69) is 20.1 Å². The lowest BCUT2D eigenvalue weighted by Crippen LogP contribution is -2.46. The Labute approximate surface area is 191 Å². The van der Waals surface area contributed by atoms with Crippen molar-refractivity contribution in [3.63, 3.8) is 0 Å². The Morgan fingerprint density at radius 3 is 2.41 bits per heavy atom. The highest BCUT2D eigenvalue weighted by molar-refractivity contribution is 5.99. The van der Waals surface area contributed by atoms with Gasteiger partial charge in [-0.15, -0.1) is 0 Å². The standard InChI is InChI=1S/C26H38N4O2/c31-26(24-18-22-23(28-24)6-5-7-25(22)32-19-20-8-9-20)27-21-10-14-30(15-11-21)17-16-29-12-3-1-2-4-13-29/h5-7,18,20-21,28H,1-4,8-17,19H2,(H,27,31). The van der Waals surface area contributed by atoms with Gasteiger partial charge >= 0.3 is 0 Å². The van der Waals surface area contributed by atoms with Crippen LogP contribution in [-0.4, -0.2) is 72.6 Å². The predicted octanol–water partition coefficient (Wildman–Crippen LogP) is 4.03. The average Bonchev–Trinajstić information content (AvgIpc) is 3.59. The van der Waals surface area contributed by atoms with E-state index in [-0.39, 0.29) is 11.9 Å². The Morgan fingerprint density at radius 1 is 0.969 bits per heavy atom. The fraction of sp³-hybridized carbons (Fsp3) is 0.654. The summed E-state index contributed by atoms with van der Waals surface area (Å²) in [6, 6.07) is 8.21. The number of carbonyl (C=O) groups is 1. The van der Waals surface area contributed by atoms with E-state index >= 15 is 0 Å². The number of nitrogens with one attached hydrogen (secondary N) is 2. The van der Waals surface area contributed by atoms with E-state index in [1.807, 2.05) is 24.3 Å². The molecule has 1 aliphatic carbocycles. The molecule has 1 saturated carbocycles. The zero-order chi connectivity index (χ0) is 21.8. The van der Waals surface area contributed by atoms with Gasteiger partial charge in [0.05, 0.1) is 6.61 Å². The fourth-order valence-corrected chi connectivity index (χ4v) is 5.07. The topological polar surface area (TPSA) is 60.6 Å². The van der Waals surface area contributed by atoms with Crippen LogP contribution >= 0.6 is 0 Å². The molecular formula is C26H38N4O2. The second kappa shape index (κ2) is 10.3. The maximum Gasteiger partial charge on any atom is 0.267 e. The summed E-state index contributed by atoms with van der Waals surface area (Å²) in [5.41, 5.74) is 1.60. The summed E-state index contributed by atoms with van der Waals surface area (Å²) >= 11 is 0. The predicted molar refractivity (Wildman–Crippen MR) is 128 cm³/mol. The first-order valence-electron chi connectivity index (χ1n) is 12.7. The molecule has 0 spiro atoms. The second-order valence-electron chi connectivity index (χ2n) is 10.0. The molecule has 3 heterocycles. The summed E-state index contributed by atoms with van der Waals surface area (Å²) in [6.45, 7) is 7.82. The fourth-order valence-electron chi connectivity index (χ4n) is 5.07. The SMILES string of the molecule is O=C(NC1CCN(CCN2CCCCCC2)CC1)c1cc2c(OCC3CC3)cccc2[nH]1. The van der Waals surface area contributed by atoms with Gasteiger partial charge < -0.3 is 24.8 Å². The van der Waals surface area contributed by atoms with Gasteiger partial charge in [-0.05, 0) is 75.7 Å². The number of hydrogen-bond acceptors (Lipinski definition) is 4. The van der Waals surface area contributed by atoms with Gasteiger partial charge in [-0.3, -0.25) is 4.79 Å². The first-order chi connectivity index (χ1) is 15.7. The van der Waals surface area contributed by atoms with E-state index in [0.717, 1.165) is 55.7 Å². The lowest BCUT2D eigenvalue weighted by Gasteiger charge is -2.33. The van der Waals surface area contributed by atoms with E-state index in [0.29, 0.717) is 11.6 Å². The smallest absolute Gasteiger partial charge is 0.267 e. The number of rotatable bonds is 8. The first kappa shape index (κ1) is 21.8. The Balaban J connectivity index is 1.10. The van der Waals surface area contributed by atoms with Gasteiger partial charge in [-0.2, -0.15) is 0 Å². The van der Waals surface area contributed by atoms with Crippen molar-refractivity contribution in [2.24, 2.45) is 5.92 Å². The molecule has 1 aromatic heterocycles. The lowest BCUT2D eigenvalue weighted by molar-refractivity contribution is 0.0902.